The number of amides is 1. The van der Waals surface area contributed by atoms with E-state index < -0.39 is 23.0 Å². The second-order valence-corrected chi connectivity index (χ2v) is 7.20. The summed E-state index contributed by atoms with van der Waals surface area (Å²) in [6, 6.07) is 10.7. The molecule has 2 aromatic heterocycles. The van der Waals surface area contributed by atoms with E-state index in [1.165, 1.54) is 35.0 Å². The van der Waals surface area contributed by atoms with Gasteiger partial charge in [0.25, 0.3) is 11.5 Å². The van der Waals surface area contributed by atoms with Gasteiger partial charge in [-0.05, 0) is 55.3 Å². The van der Waals surface area contributed by atoms with Crippen LogP contribution in [0.4, 0.5) is 10.1 Å². The van der Waals surface area contributed by atoms with Crippen LogP contribution >= 0.6 is 0 Å². The quantitative estimate of drug-likeness (QED) is 0.548. The number of fused-ring (bicyclic) bond motifs is 1. The zero-order valence-corrected chi connectivity index (χ0v) is 16.6. The Balaban J connectivity index is 1.85. The minimum absolute atomic E-state index is 0.147. The van der Waals surface area contributed by atoms with Crippen molar-refractivity contribution in [2.45, 2.75) is 13.8 Å². The van der Waals surface area contributed by atoms with E-state index >= 15 is 0 Å². The van der Waals surface area contributed by atoms with Gasteiger partial charge in [-0.15, -0.1) is 0 Å². The van der Waals surface area contributed by atoms with E-state index in [-0.39, 0.29) is 22.3 Å². The Bertz CT molecular complexity index is 1410. The van der Waals surface area contributed by atoms with E-state index in [4.69, 9.17) is 0 Å². The summed E-state index contributed by atoms with van der Waals surface area (Å²) in [5, 5.41) is 2.84. The Labute approximate surface area is 170 Å². The van der Waals surface area contributed by atoms with Gasteiger partial charge >= 0.3 is 5.69 Å². The third kappa shape index (κ3) is 3.22. The third-order valence-electron chi connectivity index (χ3n) is 4.99. The molecule has 0 bridgehead atoms. The summed E-state index contributed by atoms with van der Waals surface area (Å²) in [7, 11) is 1.62. The molecule has 4 aromatic rings. The lowest BCUT2D eigenvalue weighted by molar-refractivity contribution is 0.102. The molecule has 0 fully saturated rings. The van der Waals surface area contributed by atoms with Crippen molar-refractivity contribution in [1.82, 2.24) is 14.1 Å². The molecule has 4 rings (SSSR count). The first kappa shape index (κ1) is 19.4. The van der Waals surface area contributed by atoms with Crippen molar-refractivity contribution in [1.29, 1.82) is 0 Å². The van der Waals surface area contributed by atoms with E-state index in [0.29, 0.717) is 5.69 Å². The van der Waals surface area contributed by atoms with Gasteiger partial charge in [0.2, 0.25) is 0 Å². The van der Waals surface area contributed by atoms with Gasteiger partial charge in [-0.1, -0.05) is 12.1 Å². The van der Waals surface area contributed by atoms with Gasteiger partial charge in [-0.3, -0.25) is 9.59 Å². The van der Waals surface area contributed by atoms with Gasteiger partial charge in [-0.2, -0.15) is 0 Å². The standard InChI is InChI=1S/C22H19FN4O3/c1-12-4-5-13(2)17(10-12)24-20(28)16-11-26(3)19-18(16)25-22(30)27(21(19)29)15-8-6-14(23)7-9-15/h4-11H,1-3H3,(H,24,28)(H,25,30). The SMILES string of the molecule is Cc1ccc(C)c(NC(=O)c2cn(C)c3c(=O)n(-c4ccc(F)cc4)c(=O)[nH]c23)c1. The summed E-state index contributed by atoms with van der Waals surface area (Å²) >= 11 is 0. The molecule has 0 unspecified atom stereocenters. The van der Waals surface area contributed by atoms with Gasteiger partial charge in [0, 0.05) is 18.9 Å². The lowest BCUT2D eigenvalue weighted by Crippen LogP contribution is -2.34. The van der Waals surface area contributed by atoms with Gasteiger partial charge in [-0.25, -0.2) is 13.8 Å². The molecule has 2 N–H and O–H groups in total. The zero-order valence-electron chi connectivity index (χ0n) is 16.6. The number of hydrogen-bond donors (Lipinski definition) is 2. The average Bonchev–Trinajstić information content (AvgIpc) is 3.02. The lowest BCUT2D eigenvalue weighted by atomic mass is 10.1. The first-order chi connectivity index (χ1) is 14.3. The molecule has 0 aliphatic carbocycles. The van der Waals surface area contributed by atoms with Crippen molar-refractivity contribution in [2.24, 2.45) is 7.05 Å². The maximum Gasteiger partial charge on any atom is 0.333 e. The van der Waals surface area contributed by atoms with Crippen LogP contribution in [0.1, 0.15) is 21.5 Å². The second-order valence-electron chi connectivity index (χ2n) is 7.20. The fourth-order valence-electron chi connectivity index (χ4n) is 3.43. The normalized spacial score (nSPS) is 11.1. The molecule has 152 valence electrons. The predicted molar refractivity (Wildman–Crippen MR) is 113 cm³/mol. The maximum absolute atomic E-state index is 13.2. The molecular formula is C22H19FN4O3. The number of anilines is 1. The number of carbonyl (C=O) groups is 1. The molecule has 2 heterocycles. The Hall–Kier alpha value is -3.94. The third-order valence-corrected chi connectivity index (χ3v) is 4.99. The van der Waals surface area contributed by atoms with Crippen LogP contribution in [0.25, 0.3) is 16.7 Å². The number of nitrogens with zero attached hydrogens (tertiary/aromatic N) is 2. The van der Waals surface area contributed by atoms with Crippen molar-refractivity contribution in [3.63, 3.8) is 0 Å². The van der Waals surface area contributed by atoms with Crippen LogP contribution in [0.5, 0.6) is 0 Å². The van der Waals surface area contributed by atoms with Crippen LogP contribution in [0.15, 0.2) is 58.3 Å². The number of aromatic nitrogens is 3. The molecule has 0 radical (unpaired) electrons. The van der Waals surface area contributed by atoms with Crippen LogP contribution in [0, 0.1) is 19.7 Å². The Morgan fingerprint density at radius 2 is 1.77 bits per heavy atom. The van der Waals surface area contributed by atoms with Crippen LogP contribution in [-0.2, 0) is 7.05 Å². The average molecular weight is 406 g/mol. The molecule has 2 aromatic carbocycles. The van der Waals surface area contributed by atoms with Crippen molar-refractivity contribution in [2.75, 3.05) is 5.32 Å². The summed E-state index contributed by atoms with van der Waals surface area (Å²) in [5.74, 6) is -0.919. The highest BCUT2D eigenvalue weighted by Gasteiger charge is 2.20. The molecule has 0 aliphatic heterocycles. The molecule has 0 spiro atoms. The number of H-pyrrole nitrogens is 1. The van der Waals surface area contributed by atoms with Crippen molar-refractivity contribution >= 4 is 22.6 Å². The Morgan fingerprint density at radius 1 is 1.07 bits per heavy atom. The minimum Gasteiger partial charge on any atom is -0.344 e. The van der Waals surface area contributed by atoms with Crippen LogP contribution in [0.3, 0.4) is 0 Å². The highest BCUT2D eigenvalue weighted by molar-refractivity contribution is 6.12. The fraction of sp³-hybridized carbons (Fsp3) is 0.136. The highest BCUT2D eigenvalue weighted by atomic mass is 19.1. The lowest BCUT2D eigenvalue weighted by Gasteiger charge is -2.09. The summed E-state index contributed by atoms with van der Waals surface area (Å²) in [4.78, 5) is 41.2. The first-order valence-corrected chi connectivity index (χ1v) is 9.25. The minimum atomic E-state index is -0.717. The molecule has 30 heavy (non-hydrogen) atoms. The molecule has 7 nitrogen and oxygen atoms in total. The zero-order chi connectivity index (χ0) is 21.6. The van der Waals surface area contributed by atoms with E-state index in [0.717, 1.165) is 15.7 Å². The van der Waals surface area contributed by atoms with Crippen molar-refractivity contribution < 1.29 is 9.18 Å². The monoisotopic (exact) mass is 406 g/mol. The maximum atomic E-state index is 13.2. The van der Waals surface area contributed by atoms with Gasteiger partial charge < -0.3 is 14.9 Å². The van der Waals surface area contributed by atoms with Gasteiger partial charge in [0.1, 0.15) is 11.3 Å². The molecule has 0 saturated heterocycles. The number of aromatic amines is 1. The Kier molecular flexibility index (Phi) is 4.62. The number of carbonyl (C=O) groups excluding carboxylic acids is 1. The highest BCUT2D eigenvalue weighted by Crippen LogP contribution is 2.20. The van der Waals surface area contributed by atoms with Crippen LogP contribution in [-0.4, -0.2) is 20.0 Å². The molecule has 0 aliphatic rings. The number of aryl methyl sites for hydroxylation is 3. The number of halogens is 1. The molecule has 0 atom stereocenters. The first-order valence-electron chi connectivity index (χ1n) is 9.25. The van der Waals surface area contributed by atoms with Gasteiger partial charge in [0.15, 0.2) is 0 Å². The van der Waals surface area contributed by atoms with Gasteiger partial charge in [0.05, 0.1) is 16.8 Å². The van der Waals surface area contributed by atoms with E-state index in [1.807, 2.05) is 32.0 Å². The fourth-order valence-corrected chi connectivity index (χ4v) is 3.43. The van der Waals surface area contributed by atoms with Crippen molar-refractivity contribution in [3.8, 4) is 5.69 Å². The summed E-state index contributed by atoms with van der Waals surface area (Å²) in [6.45, 7) is 3.80. The second kappa shape index (κ2) is 7.14. The predicted octanol–water partition coefficient (Wildman–Crippen LogP) is 3.03. The van der Waals surface area contributed by atoms with Crippen molar-refractivity contribution in [3.05, 3.63) is 92.0 Å². The van der Waals surface area contributed by atoms with Crippen LogP contribution < -0.4 is 16.6 Å². The number of rotatable bonds is 3. The molecule has 8 heteroatoms. The summed E-state index contributed by atoms with van der Waals surface area (Å²) < 4.78 is 15.6. The van der Waals surface area contributed by atoms with E-state index in [2.05, 4.69) is 10.3 Å². The topological polar surface area (TPSA) is 88.9 Å². The number of nitrogens with one attached hydrogen (secondary N) is 2. The van der Waals surface area contributed by atoms with E-state index in [9.17, 15) is 18.8 Å². The van der Waals surface area contributed by atoms with Crippen LogP contribution in [0.2, 0.25) is 0 Å². The Morgan fingerprint density at radius 3 is 2.47 bits per heavy atom. The largest absolute Gasteiger partial charge is 0.344 e. The number of hydrogen-bond acceptors (Lipinski definition) is 3. The summed E-state index contributed by atoms with van der Waals surface area (Å²) in [5.41, 5.74) is 1.92. The number of benzene rings is 2. The molecular weight excluding hydrogens is 387 g/mol. The van der Waals surface area contributed by atoms with E-state index in [1.54, 1.807) is 7.05 Å². The smallest absolute Gasteiger partial charge is 0.333 e. The summed E-state index contributed by atoms with van der Waals surface area (Å²) in [6.07, 6.45) is 1.50. The molecule has 0 saturated carbocycles. The molecule has 1 amide bonds.